The lowest BCUT2D eigenvalue weighted by molar-refractivity contribution is -0.114. The summed E-state index contributed by atoms with van der Waals surface area (Å²) in [5.74, 6) is 0.594. The van der Waals surface area contributed by atoms with Gasteiger partial charge in [-0.1, -0.05) is 42.5 Å². The van der Waals surface area contributed by atoms with E-state index in [1.165, 1.54) is 17.8 Å². The Balaban J connectivity index is 1.56. The van der Waals surface area contributed by atoms with Gasteiger partial charge in [-0.05, 0) is 48.0 Å². The average molecular weight is 419 g/mol. The van der Waals surface area contributed by atoms with Gasteiger partial charge in [-0.25, -0.2) is 0 Å². The van der Waals surface area contributed by atoms with Crippen molar-refractivity contribution in [2.45, 2.75) is 4.90 Å². The van der Waals surface area contributed by atoms with E-state index in [-0.39, 0.29) is 17.6 Å². The molecule has 0 aliphatic heterocycles. The number of anilines is 2. The highest BCUT2D eigenvalue weighted by atomic mass is 32.2. The quantitative estimate of drug-likeness (QED) is 0.396. The van der Waals surface area contributed by atoms with Crippen molar-refractivity contribution in [2.24, 2.45) is 0 Å². The summed E-state index contributed by atoms with van der Waals surface area (Å²) in [7, 11) is 1.60. The van der Waals surface area contributed by atoms with Crippen LogP contribution in [0.15, 0.2) is 89.8 Å². The van der Waals surface area contributed by atoms with Crippen LogP contribution in [0.2, 0.25) is 0 Å². The smallest absolute Gasteiger partial charge is 0.248 e. The van der Waals surface area contributed by atoms with E-state index >= 15 is 0 Å². The third-order valence-electron chi connectivity index (χ3n) is 4.10. The molecule has 2 amide bonds. The second-order valence-corrected chi connectivity index (χ2v) is 7.31. The molecule has 0 fully saturated rings. The number of hydrogen-bond donors (Lipinski definition) is 2. The summed E-state index contributed by atoms with van der Waals surface area (Å²) in [6.45, 7) is 0. The molecular formula is C24H22N2O3S. The van der Waals surface area contributed by atoms with Crippen molar-refractivity contribution in [3.05, 3.63) is 90.5 Å². The van der Waals surface area contributed by atoms with E-state index in [0.717, 1.165) is 16.2 Å². The van der Waals surface area contributed by atoms with E-state index in [4.69, 9.17) is 4.74 Å². The molecule has 0 aliphatic carbocycles. The van der Waals surface area contributed by atoms with Crippen molar-refractivity contribution < 1.29 is 14.3 Å². The number of amides is 2. The summed E-state index contributed by atoms with van der Waals surface area (Å²) in [6.07, 6.45) is 3.25. The molecule has 0 atom stereocenters. The minimum atomic E-state index is -0.227. The van der Waals surface area contributed by atoms with Crippen molar-refractivity contribution in [3.63, 3.8) is 0 Å². The van der Waals surface area contributed by atoms with Crippen LogP contribution >= 0.6 is 11.8 Å². The van der Waals surface area contributed by atoms with E-state index in [9.17, 15) is 9.59 Å². The van der Waals surface area contributed by atoms with Gasteiger partial charge in [-0.2, -0.15) is 0 Å². The normalized spacial score (nSPS) is 10.6. The Morgan fingerprint density at radius 2 is 1.60 bits per heavy atom. The molecule has 3 aromatic carbocycles. The van der Waals surface area contributed by atoms with Crippen molar-refractivity contribution in [2.75, 3.05) is 23.5 Å². The maximum Gasteiger partial charge on any atom is 0.248 e. The second kappa shape index (κ2) is 10.9. The first kappa shape index (κ1) is 21.2. The minimum Gasteiger partial charge on any atom is -0.497 e. The number of para-hydroxylation sites is 1. The maximum absolute atomic E-state index is 12.3. The van der Waals surface area contributed by atoms with Crippen LogP contribution in [0.3, 0.4) is 0 Å². The van der Waals surface area contributed by atoms with Crippen molar-refractivity contribution in [1.82, 2.24) is 0 Å². The number of hydrogen-bond acceptors (Lipinski definition) is 4. The predicted octanol–water partition coefficient (Wildman–Crippen LogP) is 5.08. The third kappa shape index (κ3) is 6.53. The predicted molar refractivity (Wildman–Crippen MR) is 123 cm³/mol. The fourth-order valence-electron chi connectivity index (χ4n) is 2.62. The zero-order chi connectivity index (χ0) is 21.2. The number of nitrogens with one attached hydrogen (secondary N) is 2. The van der Waals surface area contributed by atoms with Crippen LogP contribution in [0.5, 0.6) is 5.75 Å². The van der Waals surface area contributed by atoms with Crippen LogP contribution in [-0.4, -0.2) is 24.7 Å². The summed E-state index contributed by atoms with van der Waals surface area (Å²) in [5.41, 5.74) is 2.32. The molecule has 0 bridgehead atoms. The molecule has 0 aliphatic rings. The van der Waals surface area contributed by atoms with E-state index in [1.807, 2.05) is 54.6 Å². The number of methoxy groups -OCH3 is 1. The van der Waals surface area contributed by atoms with E-state index in [1.54, 1.807) is 37.5 Å². The first-order valence-corrected chi connectivity index (χ1v) is 10.3. The molecule has 5 nitrogen and oxygen atoms in total. The van der Waals surface area contributed by atoms with E-state index in [0.29, 0.717) is 11.4 Å². The molecule has 3 aromatic rings. The molecule has 0 radical (unpaired) electrons. The SMILES string of the molecule is COc1ccc(NC(=O)CSc2ccccc2NC(=O)/C=C/c2ccccc2)cc1. The molecule has 152 valence electrons. The van der Waals surface area contributed by atoms with Gasteiger partial charge in [0.1, 0.15) is 5.75 Å². The van der Waals surface area contributed by atoms with Crippen LogP contribution in [0.4, 0.5) is 11.4 Å². The molecule has 0 saturated heterocycles. The van der Waals surface area contributed by atoms with Crippen LogP contribution in [-0.2, 0) is 9.59 Å². The summed E-state index contributed by atoms with van der Waals surface area (Å²) in [6, 6.07) is 24.2. The van der Waals surface area contributed by atoms with Gasteiger partial charge in [0.25, 0.3) is 0 Å². The lowest BCUT2D eigenvalue weighted by atomic mass is 10.2. The summed E-state index contributed by atoms with van der Waals surface area (Å²) < 4.78 is 5.11. The molecule has 0 spiro atoms. The molecule has 2 N–H and O–H groups in total. The summed E-state index contributed by atoms with van der Waals surface area (Å²) in [5, 5.41) is 5.72. The minimum absolute atomic E-state index is 0.129. The van der Waals surface area contributed by atoms with Crippen LogP contribution in [0, 0.1) is 0 Å². The Morgan fingerprint density at radius 1 is 0.900 bits per heavy atom. The number of ether oxygens (including phenoxy) is 1. The van der Waals surface area contributed by atoms with Gasteiger partial charge >= 0.3 is 0 Å². The topological polar surface area (TPSA) is 67.4 Å². The highest BCUT2D eigenvalue weighted by molar-refractivity contribution is 8.00. The average Bonchev–Trinajstić information content (AvgIpc) is 2.78. The molecule has 0 aromatic heterocycles. The molecule has 0 saturated carbocycles. The van der Waals surface area contributed by atoms with Crippen molar-refractivity contribution >= 4 is 41.0 Å². The zero-order valence-electron chi connectivity index (χ0n) is 16.5. The van der Waals surface area contributed by atoms with Crippen LogP contribution in [0.1, 0.15) is 5.56 Å². The fourth-order valence-corrected chi connectivity index (χ4v) is 3.43. The Kier molecular flexibility index (Phi) is 7.69. The molecule has 30 heavy (non-hydrogen) atoms. The van der Waals surface area contributed by atoms with Gasteiger partial charge in [0.05, 0.1) is 18.6 Å². The standard InChI is InChI=1S/C24H22N2O3S/c1-29-20-14-12-19(13-15-20)25-24(28)17-30-22-10-6-5-9-21(22)26-23(27)16-11-18-7-3-2-4-8-18/h2-16H,17H2,1H3,(H,25,28)(H,26,27)/b16-11+. The monoisotopic (exact) mass is 418 g/mol. The molecule has 0 heterocycles. The van der Waals surface area contributed by atoms with Gasteiger partial charge in [-0.15, -0.1) is 11.8 Å². The summed E-state index contributed by atoms with van der Waals surface area (Å²) >= 11 is 1.36. The van der Waals surface area contributed by atoms with Gasteiger partial charge in [0.15, 0.2) is 0 Å². The second-order valence-electron chi connectivity index (χ2n) is 6.29. The van der Waals surface area contributed by atoms with Gasteiger partial charge in [-0.3, -0.25) is 9.59 Å². The number of carbonyl (C=O) groups excluding carboxylic acids is 2. The lowest BCUT2D eigenvalue weighted by Gasteiger charge is -2.10. The third-order valence-corrected chi connectivity index (χ3v) is 5.18. The zero-order valence-corrected chi connectivity index (χ0v) is 17.3. The van der Waals surface area contributed by atoms with Gasteiger partial charge in [0.2, 0.25) is 11.8 Å². The Hall–Kier alpha value is -3.51. The lowest BCUT2D eigenvalue weighted by Crippen LogP contribution is -2.14. The van der Waals surface area contributed by atoms with Crippen molar-refractivity contribution in [1.29, 1.82) is 0 Å². The van der Waals surface area contributed by atoms with Gasteiger partial charge in [0, 0.05) is 16.7 Å². The van der Waals surface area contributed by atoms with Gasteiger partial charge < -0.3 is 15.4 Å². The highest BCUT2D eigenvalue weighted by Gasteiger charge is 2.09. The van der Waals surface area contributed by atoms with Crippen LogP contribution in [0.25, 0.3) is 6.08 Å². The van der Waals surface area contributed by atoms with E-state index in [2.05, 4.69) is 10.6 Å². The van der Waals surface area contributed by atoms with Crippen LogP contribution < -0.4 is 15.4 Å². The van der Waals surface area contributed by atoms with E-state index < -0.39 is 0 Å². The Morgan fingerprint density at radius 3 is 2.33 bits per heavy atom. The summed E-state index contributed by atoms with van der Waals surface area (Å²) in [4.78, 5) is 25.4. The van der Waals surface area contributed by atoms with Crippen molar-refractivity contribution in [3.8, 4) is 5.75 Å². The highest BCUT2D eigenvalue weighted by Crippen LogP contribution is 2.27. The Labute approximate surface area is 180 Å². The molecule has 0 unspecified atom stereocenters. The molecule has 6 heteroatoms. The fraction of sp³-hybridized carbons (Fsp3) is 0.0833. The first-order valence-electron chi connectivity index (χ1n) is 9.34. The number of carbonyl (C=O) groups is 2. The number of thioether (sulfide) groups is 1. The molecular weight excluding hydrogens is 396 g/mol. The largest absolute Gasteiger partial charge is 0.497 e. The Bertz CT molecular complexity index is 1020. The number of rotatable bonds is 8. The first-order chi connectivity index (χ1) is 14.6. The number of benzene rings is 3. The molecule has 3 rings (SSSR count). The maximum atomic E-state index is 12.3.